The monoisotopic (exact) mass is 565 g/mol. The van der Waals surface area contributed by atoms with E-state index >= 15 is 4.39 Å². The number of aliphatic hydroxyl groups is 2. The van der Waals surface area contributed by atoms with Gasteiger partial charge in [0, 0.05) is 6.20 Å². The SMILES string of the molecule is CC1=CN(C2OC(COP(=O)(NC(C)C(=O)OC(C)C)Oc3ccccc3)C(O)C2(F)Cl)C(=O)NC1O. The average Bonchev–Trinajstić information content (AvgIpc) is 3.03. The number of ether oxygens (including phenoxy) is 2. The highest BCUT2D eigenvalue weighted by molar-refractivity contribution is 7.52. The lowest BCUT2D eigenvalue weighted by Crippen LogP contribution is -2.56. The molecule has 0 aliphatic carbocycles. The maximum absolute atomic E-state index is 15.3. The van der Waals surface area contributed by atoms with Gasteiger partial charge in [-0.05, 0) is 45.4 Å². The number of carbonyl (C=O) groups is 2. The Morgan fingerprint density at radius 2 is 1.97 bits per heavy atom. The van der Waals surface area contributed by atoms with Crippen LogP contribution in [-0.2, 0) is 23.4 Å². The van der Waals surface area contributed by atoms with Crippen LogP contribution in [0, 0.1) is 0 Å². The van der Waals surface area contributed by atoms with Crippen molar-refractivity contribution in [1.82, 2.24) is 15.3 Å². The van der Waals surface area contributed by atoms with Crippen LogP contribution in [0.2, 0.25) is 0 Å². The van der Waals surface area contributed by atoms with E-state index in [1.165, 1.54) is 26.0 Å². The second-order valence-corrected chi connectivity index (χ2v) is 11.1. The van der Waals surface area contributed by atoms with Crippen LogP contribution in [-0.4, -0.2) is 75.7 Å². The van der Waals surface area contributed by atoms with Gasteiger partial charge in [-0.15, -0.1) is 0 Å². The lowest BCUT2D eigenvalue weighted by molar-refractivity contribution is -0.149. The normalized spacial score (nSPS) is 30.4. The zero-order chi connectivity index (χ0) is 27.5. The number of hydrogen-bond donors (Lipinski definition) is 4. The number of nitrogens with one attached hydrogen (secondary N) is 2. The van der Waals surface area contributed by atoms with E-state index in [4.69, 9.17) is 30.1 Å². The summed E-state index contributed by atoms with van der Waals surface area (Å²) in [5.74, 6) is -0.591. The van der Waals surface area contributed by atoms with Gasteiger partial charge in [-0.1, -0.05) is 29.8 Å². The molecule has 1 aromatic rings. The summed E-state index contributed by atoms with van der Waals surface area (Å²) in [7, 11) is -4.34. The predicted molar refractivity (Wildman–Crippen MR) is 129 cm³/mol. The molecule has 3 rings (SSSR count). The standard InChI is InChI=1S/C22H30ClFN3O9P/c1-12(2)34-19(30)14(4)26-37(32,36-15-8-6-5-7-9-15)33-11-16-17(28)22(23,24)20(35-16)27-10-13(3)18(29)25-21(27)31/h5-10,12,14,16-18,20,28-29H,11H2,1-4H3,(H,25,31)(H,26,32). The molecule has 1 saturated heterocycles. The lowest BCUT2D eigenvalue weighted by Gasteiger charge is -2.34. The van der Waals surface area contributed by atoms with Crippen molar-refractivity contribution in [3.63, 3.8) is 0 Å². The third kappa shape index (κ3) is 6.99. The Labute approximate surface area is 218 Å². The molecule has 206 valence electrons. The summed E-state index contributed by atoms with van der Waals surface area (Å²) in [5.41, 5.74) is 0.261. The van der Waals surface area contributed by atoms with E-state index in [1.54, 1.807) is 32.0 Å². The number of urea groups is 1. The molecule has 0 bridgehead atoms. The maximum atomic E-state index is 15.3. The number of alkyl halides is 2. The van der Waals surface area contributed by atoms with E-state index in [1.807, 2.05) is 0 Å². The second-order valence-electron chi connectivity index (χ2n) is 8.81. The summed E-state index contributed by atoms with van der Waals surface area (Å²) < 4.78 is 50.5. The topological polar surface area (TPSA) is 156 Å². The third-order valence-corrected chi connectivity index (χ3v) is 7.39. The highest BCUT2D eigenvalue weighted by atomic mass is 35.5. The predicted octanol–water partition coefficient (Wildman–Crippen LogP) is 2.36. The van der Waals surface area contributed by atoms with E-state index < -0.39 is 68.3 Å². The minimum Gasteiger partial charge on any atom is -0.462 e. The number of benzene rings is 1. The fraction of sp³-hybridized carbons (Fsp3) is 0.545. The minimum absolute atomic E-state index is 0.134. The smallest absolute Gasteiger partial charge is 0.459 e. The minimum atomic E-state index is -4.34. The molecule has 2 aliphatic heterocycles. The first-order valence-electron chi connectivity index (χ1n) is 11.4. The summed E-state index contributed by atoms with van der Waals surface area (Å²) in [5, 5.41) is 21.9. The molecule has 0 saturated carbocycles. The Morgan fingerprint density at radius 1 is 1.32 bits per heavy atom. The van der Waals surface area contributed by atoms with Gasteiger partial charge in [0.05, 0.1) is 12.7 Å². The number of aliphatic hydroxyl groups excluding tert-OH is 2. The van der Waals surface area contributed by atoms with Crippen LogP contribution in [0.25, 0.3) is 0 Å². The van der Waals surface area contributed by atoms with Gasteiger partial charge in [-0.2, -0.15) is 5.09 Å². The fourth-order valence-electron chi connectivity index (χ4n) is 3.44. The van der Waals surface area contributed by atoms with Gasteiger partial charge in [0.25, 0.3) is 5.13 Å². The molecule has 7 unspecified atom stereocenters. The number of carbonyl (C=O) groups excluding carboxylic acids is 2. The van der Waals surface area contributed by atoms with Gasteiger partial charge in [-0.25, -0.2) is 13.8 Å². The number of esters is 1. The van der Waals surface area contributed by atoms with Gasteiger partial charge in [0.1, 0.15) is 24.0 Å². The molecule has 0 radical (unpaired) electrons. The summed E-state index contributed by atoms with van der Waals surface area (Å²) in [6.07, 6.45) is -5.93. The third-order valence-electron chi connectivity index (χ3n) is 5.34. The highest BCUT2D eigenvalue weighted by Gasteiger charge is 2.60. The quantitative estimate of drug-likeness (QED) is 0.189. The average molecular weight is 566 g/mol. The molecule has 1 fully saturated rings. The van der Waals surface area contributed by atoms with Crippen LogP contribution in [0.3, 0.4) is 0 Å². The highest BCUT2D eigenvalue weighted by Crippen LogP contribution is 2.47. The first-order chi connectivity index (χ1) is 17.2. The largest absolute Gasteiger partial charge is 0.462 e. The molecule has 1 aromatic carbocycles. The number of amides is 2. The van der Waals surface area contributed by atoms with Gasteiger partial charge in [0.2, 0.25) is 0 Å². The number of halogens is 2. The van der Waals surface area contributed by atoms with Gasteiger partial charge >= 0.3 is 19.7 Å². The van der Waals surface area contributed by atoms with Gasteiger partial charge in [-0.3, -0.25) is 14.2 Å². The zero-order valence-corrected chi connectivity index (χ0v) is 22.2. The van der Waals surface area contributed by atoms with Crippen molar-refractivity contribution < 1.29 is 47.3 Å². The molecule has 2 amide bonds. The van der Waals surface area contributed by atoms with Crippen molar-refractivity contribution in [1.29, 1.82) is 0 Å². The molecule has 4 N–H and O–H groups in total. The van der Waals surface area contributed by atoms with Crippen LogP contribution in [0.5, 0.6) is 5.75 Å². The maximum Gasteiger partial charge on any atom is 0.459 e. The fourth-order valence-corrected chi connectivity index (χ4v) is 5.24. The molecule has 7 atom stereocenters. The number of rotatable bonds is 10. The summed E-state index contributed by atoms with van der Waals surface area (Å²) >= 11 is 5.93. The van der Waals surface area contributed by atoms with Crippen LogP contribution >= 0.6 is 19.3 Å². The van der Waals surface area contributed by atoms with E-state index in [0.29, 0.717) is 0 Å². The van der Waals surface area contributed by atoms with Crippen molar-refractivity contribution in [2.24, 2.45) is 0 Å². The zero-order valence-electron chi connectivity index (χ0n) is 20.5. The lowest BCUT2D eigenvalue weighted by atomic mass is 10.1. The summed E-state index contributed by atoms with van der Waals surface area (Å²) in [6, 6.07) is 5.87. The van der Waals surface area contributed by atoms with Gasteiger partial charge < -0.3 is 29.5 Å². The molecular formula is C22H30ClFN3O9P. The van der Waals surface area contributed by atoms with Crippen molar-refractivity contribution >= 4 is 31.3 Å². The second kappa shape index (κ2) is 11.6. The summed E-state index contributed by atoms with van der Waals surface area (Å²) in [4.78, 5) is 25.3. The van der Waals surface area contributed by atoms with E-state index in [2.05, 4.69) is 10.4 Å². The number of nitrogens with zero attached hydrogens (tertiary/aromatic N) is 1. The van der Waals surface area contributed by atoms with E-state index in [-0.39, 0.29) is 11.3 Å². The molecule has 15 heteroatoms. The van der Waals surface area contributed by atoms with Crippen LogP contribution < -0.4 is 14.9 Å². The Hall–Kier alpha value is -2.25. The van der Waals surface area contributed by atoms with Crippen molar-refractivity contribution in [2.45, 2.75) is 69.6 Å². The van der Waals surface area contributed by atoms with Crippen molar-refractivity contribution in [2.75, 3.05) is 6.61 Å². The Kier molecular flexibility index (Phi) is 9.23. The molecule has 0 aromatic heterocycles. The van der Waals surface area contributed by atoms with Crippen LogP contribution in [0.1, 0.15) is 27.7 Å². The number of hydrogen-bond acceptors (Lipinski definition) is 9. The molecule has 2 aliphatic rings. The first kappa shape index (κ1) is 29.3. The molecule has 2 heterocycles. The summed E-state index contributed by atoms with van der Waals surface area (Å²) in [6.45, 7) is 5.44. The van der Waals surface area contributed by atoms with Gasteiger partial charge in [0.15, 0.2) is 12.5 Å². The number of para-hydroxylation sites is 1. The van der Waals surface area contributed by atoms with Crippen LogP contribution in [0.15, 0.2) is 42.1 Å². The van der Waals surface area contributed by atoms with Crippen LogP contribution in [0.4, 0.5) is 9.18 Å². The van der Waals surface area contributed by atoms with Crippen molar-refractivity contribution in [3.8, 4) is 5.75 Å². The molecule has 12 nitrogen and oxygen atoms in total. The molecule has 37 heavy (non-hydrogen) atoms. The van der Waals surface area contributed by atoms with E-state index in [9.17, 15) is 24.4 Å². The Bertz CT molecular complexity index is 1060. The Morgan fingerprint density at radius 3 is 2.59 bits per heavy atom. The molecule has 0 spiro atoms. The van der Waals surface area contributed by atoms with E-state index in [0.717, 1.165) is 11.1 Å². The Balaban J connectivity index is 1.77. The molecular weight excluding hydrogens is 536 g/mol. The first-order valence-corrected chi connectivity index (χ1v) is 13.3. The van der Waals surface area contributed by atoms with Crippen molar-refractivity contribution in [3.05, 3.63) is 42.1 Å².